The van der Waals surface area contributed by atoms with Crippen molar-refractivity contribution in [2.24, 2.45) is 0 Å². The van der Waals surface area contributed by atoms with Crippen LogP contribution in [0.3, 0.4) is 0 Å². The summed E-state index contributed by atoms with van der Waals surface area (Å²) in [5.74, 6) is -0.525. The summed E-state index contributed by atoms with van der Waals surface area (Å²) < 4.78 is 0. The number of rotatable bonds is 5. The van der Waals surface area contributed by atoms with Gasteiger partial charge in [-0.3, -0.25) is 9.59 Å². The van der Waals surface area contributed by atoms with Gasteiger partial charge in [0.2, 0.25) is 11.8 Å². The zero-order chi connectivity index (χ0) is 18.4. The highest BCUT2D eigenvalue weighted by molar-refractivity contribution is 6.44. The average Bonchev–Trinajstić information content (AvgIpc) is 2.58. The van der Waals surface area contributed by atoms with E-state index in [2.05, 4.69) is 5.32 Å². The van der Waals surface area contributed by atoms with Gasteiger partial charge in [-0.2, -0.15) is 5.26 Å². The Kier molecular flexibility index (Phi) is 6.40. The van der Waals surface area contributed by atoms with Gasteiger partial charge in [-0.25, -0.2) is 0 Å². The normalized spacial score (nSPS) is 10.0. The quantitative estimate of drug-likeness (QED) is 0.848. The van der Waals surface area contributed by atoms with Crippen LogP contribution in [0.15, 0.2) is 42.5 Å². The van der Waals surface area contributed by atoms with E-state index in [0.29, 0.717) is 22.0 Å². The molecule has 128 valence electrons. The second-order valence-electron chi connectivity index (χ2n) is 5.23. The molecular formula is C18H15Cl2N3O2. The Bertz CT molecular complexity index is 846. The molecule has 0 saturated carbocycles. The fourth-order valence-corrected chi connectivity index (χ4v) is 2.65. The van der Waals surface area contributed by atoms with Gasteiger partial charge < -0.3 is 10.2 Å². The summed E-state index contributed by atoms with van der Waals surface area (Å²) in [5.41, 5.74) is 1.44. The number of nitrogens with one attached hydrogen (secondary N) is 1. The Morgan fingerprint density at radius 1 is 1.20 bits per heavy atom. The second-order valence-corrected chi connectivity index (χ2v) is 6.02. The molecule has 5 nitrogen and oxygen atoms in total. The minimum Gasteiger partial charge on any atom is -0.326 e. The Hall–Kier alpha value is -2.55. The van der Waals surface area contributed by atoms with Crippen LogP contribution in [0, 0.1) is 11.3 Å². The minimum absolute atomic E-state index is 0.0687. The lowest BCUT2D eigenvalue weighted by atomic mass is 10.2. The molecule has 0 radical (unpaired) electrons. The van der Waals surface area contributed by atoms with Gasteiger partial charge in [-0.1, -0.05) is 35.3 Å². The maximum absolute atomic E-state index is 12.1. The van der Waals surface area contributed by atoms with E-state index in [-0.39, 0.29) is 29.8 Å². The number of benzene rings is 2. The van der Waals surface area contributed by atoms with Crippen molar-refractivity contribution in [1.82, 2.24) is 0 Å². The Morgan fingerprint density at radius 2 is 1.92 bits per heavy atom. The third kappa shape index (κ3) is 4.96. The molecule has 0 bridgehead atoms. The van der Waals surface area contributed by atoms with Gasteiger partial charge in [-0.15, -0.1) is 0 Å². The van der Waals surface area contributed by atoms with Crippen molar-refractivity contribution in [2.45, 2.75) is 13.3 Å². The SMILES string of the molecule is CC(=O)N(CCC(=O)Nc1cccc(C#N)c1)c1cccc(Cl)c1Cl. The van der Waals surface area contributed by atoms with Gasteiger partial charge in [0, 0.05) is 25.6 Å². The largest absolute Gasteiger partial charge is 0.326 e. The van der Waals surface area contributed by atoms with E-state index < -0.39 is 0 Å². The number of amides is 2. The Labute approximate surface area is 155 Å². The van der Waals surface area contributed by atoms with Gasteiger partial charge >= 0.3 is 0 Å². The first-order valence-electron chi connectivity index (χ1n) is 7.44. The van der Waals surface area contributed by atoms with E-state index >= 15 is 0 Å². The van der Waals surface area contributed by atoms with E-state index in [4.69, 9.17) is 28.5 Å². The highest BCUT2D eigenvalue weighted by atomic mass is 35.5. The molecule has 0 spiro atoms. The highest BCUT2D eigenvalue weighted by Gasteiger charge is 2.17. The van der Waals surface area contributed by atoms with E-state index in [1.54, 1.807) is 42.5 Å². The fraction of sp³-hybridized carbons (Fsp3) is 0.167. The van der Waals surface area contributed by atoms with Gasteiger partial charge in [0.15, 0.2) is 0 Å². The zero-order valence-corrected chi connectivity index (χ0v) is 14.9. The highest BCUT2D eigenvalue weighted by Crippen LogP contribution is 2.32. The number of carbonyl (C=O) groups is 2. The second kappa shape index (κ2) is 8.52. The maximum Gasteiger partial charge on any atom is 0.226 e. The Balaban J connectivity index is 2.06. The van der Waals surface area contributed by atoms with Gasteiger partial charge in [-0.05, 0) is 30.3 Å². The lowest BCUT2D eigenvalue weighted by molar-refractivity contribution is -0.117. The summed E-state index contributed by atoms with van der Waals surface area (Å²) in [6, 6.07) is 13.6. The van der Waals surface area contributed by atoms with Crippen molar-refractivity contribution in [3.8, 4) is 6.07 Å². The molecule has 7 heteroatoms. The van der Waals surface area contributed by atoms with Gasteiger partial charge in [0.25, 0.3) is 0 Å². The third-order valence-electron chi connectivity index (χ3n) is 3.44. The summed E-state index contributed by atoms with van der Waals surface area (Å²) in [4.78, 5) is 25.5. The van der Waals surface area contributed by atoms with E-state index in [0.717, 1.165) is 0 Å². The number of halogens is 2. The number of anilines is 2. The van der Waals surface area contributed by atoms with E-state index in [1.807, 2.05) is 6.07 Å². The van der Waals surface area contributed by atoms with Crippen molar-refractivity contribution < 1.29 is 9.59 Å². The van der Waals surface area contributed by atoms with Crippen LogP contribution in [-0.4, -0.2) is 18.4 Å². The van der Waals surface area contributed by atoms with Crippen LogP contribution >= 0.6 is 23.2 Å². The number of nitriles is 1. The summed E-state index contributed by atoms with van der Waals surface area (Å²) in [5, 5.41) is 12.2. The molecule has 0 aromatic heterocycles. The average molecular weight is 376 g/mol. The topological polar surface area (TPSA) is 73.2 Å². The van der Waals surface area contributed by atoms with Crippen molar-refractivity contribution in [2.75, 3.05) is 16.8 Å². The molecule has 0 saturated heterocycles. The van der Waals surface area contributed by atoms with Crippen LogP contribution in [0.5, 0.6) is 0 Å². The first kappa shape index (κ1) is 18.8. The van der Waals surface area contributed by atoms with Crippen LogP contribution < -0.4 is 10.2 Å². The van der Waals surface area contributed by atoms with Crippen molar-refractivity contribution in [1.29, 1.82) is 5.26 Å². The predicted octanol–water partition coefficient (Wildman–Crippen LogP) is 4.25. The molecular weight excluding hydrogens is 361 g/mol. The molecule has 2 rings (SSSR count). The molecule has 0 aliphatic rings. The van der Waals surface area contributed by atoms with Crippen LogP contribution in [0.25, 0.3) is 0 Å². The number of nitrogens with zero attached hydrogens (tertiary/aromatic N) is 2. The molecule has 0 aliphatic heterocycles. The molecule has 0 atom stereocenters. The summed E-state index contributed by atoms with van der Waals surface area (Å²) in [6.07, 6.45) is 0.0687. The molecule has 25 heavy (non-hydrogen) atoms. The lowest BCUT2D eigenvalue weighted by Gasteiger charge is -2.22. The zero-order valence-electron chi connectivity index (χ0n) is 13.4. The van der Waals surface area contributed by atoms with Gasteiger partial charge in [0.1, 0.15) is 0 Å². The molecule has 0 heterocycles. The molecule has 2 aromatic carbocycles. The molecule has 0 aliphatic carbocycles. The van der Waals surface area contributed by atoms with Crippen LogP contribution in [0.4, 0.5) is 11.4 Å². The van der Waals surface area contributed by atoms with E-state index in [1.165, 1.54) is 11.8 Å². The Morgan fingerprint density at radius 3 is 2.60 bits per heavy atom. The van der Waals surface area contributed by atoms with E-state index in [9.17, 15) is 9.59 Å². The molecule has 1 N–H and O–H groups in total. The van der Waals surface area contributed by atoms with Crippen molar-refractivity contribution in [3.05, 3.63) is 58.1 Å². The van der Waals surface area contributed by atoms with Gasteiger partial charge in [0.05, 0.1) is 27.4 Å². The molecule has 2 aromatic rings. The lowest BCUT2D eigenvalue weighted by Crippen LogP contribution is -2.32. The first-order valence-corrected chi connectivity index (χ1v) is 8.20. The standard InChI is InChI=1S/C18H15Cl2N3O2/c1-12(24)23(16-7-3-6-15(19)18(16)20)9-8-17(25)22-14-5-2-4-13(10-14)11-21/h2-7,10H,8-9H2,1H3,(H,22,25). The van der Waals surface area contributed by atoms with Crippen LogP contribution in [-0.2, 0) is 9.59 Å². The molecule has 2 amide bonds. The molecule has 0 fully saturated rings. The summed E-state index contributed by atoms with van der Waals surface area (Å²) in [7, 11) is 0. The monoisotopic (exact) mass is 375 g/mol. The van der Waals surface area contributed by atoms with Crippen LogP contribution in [0.2, 0.25) is 10.0 Å². The predicted molar refractivity (Wildman–Crippen MR) is 98.9 cm³/mol. The fourth-order valence-electron chi connectivity index (χ4n) is 2.25. The van der Waals surface area contributed by atoms with Crippen LogP contribution in [0.1, 0.15) is 18.9 Å². The summed E-state index contributed by atoms with van der Waals surface area (Å²) in [6.45, 7) is 1.55. The molecule has 0 unspecified atom stereocenters. The summed E-state index contributed by atoms with van der Waals surface area (Å²) >= 11 is 12.1. The van der Waals surface area contributed by atoms with Crippen molar-refractivity contribution in [3.63, 3.8) is 0 Å². The smallest absolute Gasteiger partial charge is 0.226 e. The number of hydrogen-bond acceptors (Lipinski definition) is 3. The van der Waals surface area contributed by atoms with Crippen molar-refractivity contribution >= 4 is 46.4 Å². The number of carbonyl (C=O) groups excluding carboxylic acids is 2. The third-order valence-corrected chi connectivity index (χ3v) is 4.25. The minimum atomic E-state index is -0.278. The maximum atomic E-state index is 12.1. The number of hydrogen-bond donors (Lipinski definition) is 1. The first-order chi connectivity index (χ1) is 11.9.